The van der Waals surface area contributed by atoms with Gasteiger partial charge < -0.3 is 9.42 Å². The number of aryl methyl sites for hydroxylation is 2. The fourth-order valence-corrected chi connectivity index (χ4v) is 3.02. The lowest BCUT2D eigenvalue weighted by Crippen LogP contribution is -2.33. The summed E-state index contributed by atoms with van der Waals surface area (Å²) in [5.41, 5.74) is 0.924. The molecule has 1 atom stereocenters. The SMILES string of the molecule is CCCCn1nc(C(=O)N2CCC[C@@H]2c2cc(C)no2)ccc1=O. The van der Waals surface area contributed by atoms with Crippen LogP contribution in [0.4, 0.5) is 0 Å². The van der Waals surface area contributed by atoms with E-state index < -0.39 is 0 Å². The van der Waals surface area contributed by atoms with E-state index in [-0.39, 0.29) is 17.5 Å². The van der Waals surface area contributed by atoms with E-state index in [2.05, 4.69) is 10.3 Å². The van der Waals surface area contributed by atoms with Crippen LogP contribution in [-0.2, 0) is 6.54 Å². The molecule has 7 nitrogen and oxygen atoms in total. The zero-order valence-corrected chi connectivity index (χ0v) is 14.1. The minimum absolute atomic E-state index is 0.114. The van der Waals surface area contributed by atoms with Crippen LogP contribution >= 0.6 is 0 Å². The highest BCUT2D eigenvalue weighted by atomic mass is 16.5. The van der Waals surface area contributed by atoms with Crippen molar-refractivity contribution >= 4 is 5.91 Å². The van der Waals surface area contributed by atoms with Gasteiger partial charge in [-0.05, 0) is 32.3 Å². The molecule has 0 bridgehead atoms. The molecule has 0 saturated carbocycles. The average molecular weight is 330 g/mol. The van der Waals surface area contributed by atoms with Crippen LogP contribution in [-0.4, -0.2) is 32.3 Å². The number of carbonyl (C=O) groups excluding carboxylic acids is 1. The summed E-state index contributed by atoms with van der Waals surface area (Å²) < 4.78 is 6.72. The third-order valence-electron chi connectivity index (χ3n) is 4.30. The number of hydrogen-bond acceptors (Lipinski definition) is 5. The van der Waals surface area contributed by atoms with E-state index in [0.29, 0.717) is 24.5 Å². The van der Waals surface area contributed by atoms with Gasteiger partial charge in [0.25, 0.3) is 11.5 Å². The summed E-state index contributed by atoms with van der Waals surface area (Å²) in [5.74, 6) is 0.537. The summed E-state index contributed by atoms with van der Waals surface area (Å²) in [5, 5.41) is 8.17. The fourth-order valence-electron chi connectivity index (χ4n) is 3.02. The maximum absolute atomic E-state index is 12.9. The van der Waals surface area contributed by atoms with Gasteiger partial charge in [-0.2, -0.15) is 5.10 Å². The van der Waals surface area contributed by atoms with Gasteiger partial charge in [0.15, 0.2) is 5.76 Å². The van der Waals surface area contributed by atoms with Gasteiger partial charge in [0.1, 0.15) is 5.69 Å². The minimum Gasteiger partial charge on any atom is -0.359 e. The Balaban J connectivity index is 1.84. The summed E-state index contributed by atoms with van der Waals surface area (Å²) in [4.78, 5) is 26.5. The number of carbonyl (C=O) groups is 1. The molecule has 3 rings (SSSR count). The number of likely N-dealkylation sites (tertiary alicyclic amines) is 1. The Morgan fingerprint density at radius 1 is 1.42 bits per heavy atom. The monoisotopic (exact) mass is 330 g/mol. The molecule has 1 amide bonds. The first-order chi connectivity index (χ1) is 11.6. The molecular formula is C17H22N4O3. The Bertz CT molecular complexity index is 780. The molecule has 0 radical (unpaired) electrons. The topological polar surface area (TPSA) is 81.2 Å². The van der Waals surface area contributed by atoms with Gasteiger partial charge in [-0.15, -0.1) is 0 Å². The molecule has 1 fully saturated rings. The molecule has 2 aromatic rings. The van der Waals surface area contributed by atoms with Crippen molar-refractivity contribution in [3.8, 4) is 0 Å². The zero-order chi connectivity index (χ0) is 17.1. The normalized spacial score (nSPS) is 17.4. The van der Waals surface area contributed by atoms with Crippen LogP contribution in [0, 0.1) is 6.92 Å². The number of amides is 1. The molecule has 0 N–H and O–H groups in total. The molecule has 0 spiro atoms. The quantitative estimate of drug-likeness (QED) is 0.840. The Kier molecular flexibility index (Phi) is 4.78. The van der Waals surface area contributed by atoms with E-state index in [4.69, 9.17) is 4.52 Å². The third-order valence-corrected chi connectivity index (χ3v) is 4.30. The van der Waals surface area contributed by atoms with Gasteiger partial charge in [0.2, 0.25) is 0 Å². The Morgan fingerprint density at radius 2 is 2.25 bits per heavy atom. The predicted octanol–water partition coefficient (Wildman–Crippen LogP) is 2.32. The van der Waals surface area contributed by atoms with E-state index >= 15 is 0 Å². The van der Waals surface area contributed by atoms with Crippen LogP contribution in [0.25, 0.3) is 0 Å². The van der Waals surface area contributed by atoms with Gasteiger partial charge in [-0.1, -0.05) is 18.5 Å². The molecule has 3 heterocycles. The molecule has 0 unspecified atom stereocenters. The van der Waals surface area contributed by atoms with Crippen LogP contribution in [0.3, 0.4) is 0 Å². The second kappa shape index (κ2) is 6.98. The highest BCUT2D eigenvalue weighted by molar-refractivity contribution is 5.92. The van der Waals surface area contributed by atoms with Gasteiger partial charge in [-0.25, -0.2) is 4.68 Å². The smallest absolute Gasteiger partial charge is 0.274 e. The Labute approximate surface area is 140 Å². The van der Waals surface area contributed by atoms with Crippen molar-refractivity contribution < 1.29 is 9.32 Å². The maximum atomic E-state index is 12.9. The van der Waals surface area contributed by atoms with E-state index in [1.54, 1.807) is 4.90 Å². The summed E-state index contributed by atoms with van der Waals surface area (Å²) in [6.07, 6.45) is 3.57. The third kappa shape index (κ3) is 3.25. The molecule has 128 valence electrons. The minimum atomic E-state index is -0.177. The lowest BCUT2D eigenvalue weighted by Gasteiger charge is -2.22. The number of hydrogen-bond donors (Lipinski definition) is 0. The maximum Gasteiger partial charge on any atom is 0.274 e. The number of nitrogens with zero attached hydrogens (tertiary/aromatic N) is 4. The van der Waals surface area contributed by atoms with E-state index in [9.17, 15) is 9.59 Å². The first-order valence-electron chi connectivity index (χ1n) is 8.42. The molecule has 1 aliphatic heterocycles. The van der Waals surface area contributed by atoms with Gasteiger partial charge >= 0.3 is 0 Å². The Hall–Kier alpha value is -2.44. The predicted molar refractivity (Wildman–Crippen MR) is 87.7 cm³/mol. The standard InChI is InChI=1S/C17H22N4O3/c1-3-4-10-21-16(22)8-7-13(18-21)17(23)20-9-5-6-14(20)15-11-12(2)19-24-15/h7-8,11,14H,3-6,9-10H2,1-2H3/t14-/m1/s1. The average Bonchev–Trinajstić information content (AvgIpc) is 3.22. The first-order valence-corrected chi connectivity index (χ1v) is 8.42. The van der Waals surface area contributed by atoms with Gasteiger partial charge in [0.05, 0.1) is 11.7 Å². The van der Waals surface area contributed by atoms with Crippen molar-refractivity contribution in [2.75, 3.05) is 6.54 Å². The Morgan fingerprint density at radius 3 is 2.96 bits per heavy atom. The van der Waals surface area contributed by atoms with E-state index in [1.807, 2.05) is 19.9 Å². The van der Waals surface area contributed by atoms with Crippen LogP contribution in [0.1, 0.15) is 60.6 Å². The highest BCUT2D eigenvalue weighted by Gasteiger charge is 2.33. The van der Waals surface area contributed by atoms with Crippen LogP contribution < -0.4 is 5.56 Å². The zero-order valence-electron chi connectivity index (χ0n) is 14.1. The second-order valence-corrected chi connectivity index (χ2v) is 6.16. The summed E-state index contributed by atoms with van der Waals surface area (Å²) in [6, 6.07) is 4.68. The van der Waals surface area contributed by atoms with Crippen LogP contribution in [0.2, 0.25) is 0 Å². The lowest BCUT2D eigenvalue weighted by molar-refractivity contribution is 0.0705. The van der Waals surface area contributed by atoms with Crippen molar-refractivity contribution in [2.45, 2.75) is 52.1 Å². The summed E-state index contributed by atoms with van der Waals surface area (Å²) in [7, 11) is 0. The van der Waals surface area contributed by atoms with E-state index in [0.717, 1.165) is 31.4 Å². The van der Waals surface area contributed by atoms with Gasteiger partial charge in [-0.3, -0.25) is 9.59 Å². The highest BCUT2D eigenvalue weighted by Crippen LogP contribution is 2.33. The number of aromatic nitrogens is 3. The summed E-state index contributed by atoms with van der Waals surface area (Å²) >= 11 is 0. The van der Waals surface area contributed by atoms with Crippen molar-refractivity contribution in [3.05, 3.63) is 45.7 Å². The first kappa shape index (κ1) is 16.4. The fraction of sp³-hybridized carbons (Fsp3) is 0.529. The van der Waals surface area contributed by atoms with Crippen LogP contribution in [0.15, 0.2) is 27.5 Å². The molecule has 7 heteroatoms. The van der Waals surface area contributed by atoms with Gasteiger partial charge in [0, 0.05) is 25.2 Å². The second-order valence-electron chi connectivity index (χ2n) is 6.16. The molecule has 24 heavy (non-hydrogen) atoms. The largest absolute Gasteiger partial charge is 0.359 e. The van der Waals surface area contributed by atoms with Crippen molar-refractivity contribution in [3.63, 3.8) is 0 Å². The molecular weight excluding hydrogens is 308 g/mol. The molecule has 0 aromatic carbocycles. The van der Waals surface area contributed by atoms with E-state index in [1.165, 1.54) is 16.8 Å². The molecule has 0 aliphatic carbocycles. The molecule has 2 aromatic heterocycles. The molecule has 1 aliphatic rings. The van der Waals surface area contributed by atoms with Crippen molar-refractivity contribution in [2.24, 2.45) is 0 Å². The van der Waals surface area contributed by atoms with Crippen molar-refractivity contribution in [1.29, 1.82) is 0 Å². The number of unbranched alkanes of at least 4 members (excludes halogenated alkanes) is 1. The number of rotatable bonds is 5. The van der Waals surface area contributed by atoms with Crippen LogP contribution in [0.5, 0.6) is 0 Å². The van der Waals surface area contributed by atoms with Crippen molar-refractivity contribution in [1.82, 2.24) is 19.8 Å². The molecule has 1 saturated heterocycles. The summed E-state index contributed by atoms with van der Waals surface area (Å²) in [6.45, 7) is 5.09. The lowest BCUT2D eigenvalue weighted by atomic mass is 10.1.